The number of hydrogen-bond donors (Lipinski definition) is 0. The van der Waals surface area contributed by atoms with Crippen molar-refractivity contribution in [2.24, 2.45) is 14.1 Å². The Balaban J connectivity index is 2.20. The minimum atomic E-state index is -2.46. The number of halogens is 3. The normalized spacial score (nSPS) is 10.9. The minimum absolute atomic E-state index is 0.0115. The van der Waals surface area contributed by atoms with Gasteiger partial charge in [-0.15, -0.1) is 0 Å². The number of aromatic nitrogens is 4. The van der Waals surface area contributed by atoms with E-state index in [2.05, 4.69) is 9.72 Å². The highest BCUT2D eigenvalue weighted by molar-refractivity contribution is 5.75. The van der Waals surface area contributed by atoms with Gasteiger partial charge in [-0.25, -0.2) is 14.2 Å². The van der Waals surface area contributed by atoms with Gasteiger partial charge in [-0.2, -0.15) is 8.78 Å². The molecule has 0 saturated carbocycles. The summed E-state index contributed by atoms with van der Waals surface area (Å²) in [7, 11) is 2.70. The fourth-order valence-corrected chi connectivity index (χ4v) is 2.05. The zero-order valence-electron chi connectivity index (χ0n) is 12.8. The van der Waals surface area contributed by atoms with Crippen molar-refractivity contribution in [1.29, 1.82) is 0 Å². The van der Waals surface area contributed by atoms with E-state index in [0.717, 1.165) is 9.13 Å². The lowest BCUT2D eigenvalue weighted by atomic mass is 10.4. The molecule has 130 valence electrons. The van der Waals surface area contributed by atoms with Gasteiger partial charge in [0.15, 0.2) is 17.0 Å². The van der Waals surface area contributed by atoms with Crippen LogP contribution >= 0.6 is 0 Å². The Morgan fingerprint density at radius 3 is 2.50 bits per heavy atom. The molecule has 0 aliphatic rings. The Kier molecular flexibility index (Phi) is 4.90. The number of hydrogen-bond acceptors (Lipinski definition) is 5. The predicted molar refractivity (Wildman–Crippen MR) is 76.1 cm³/mol. The van der Waals surface area contributed by atoms with Crippen molar-refractivity contribution in [3.8, 4) is 0 Å². The molecule has 2 aromatic heterocycles. The van der Waals surface area contributed by atoms with Crippen LogP contribution in [-0.2, 0) is 30.2 Å². The van der Waals surface area contributed by atoms with E-state index >= 15 is 0 Å². The van der Waals surface area contributed by atoms with Crippen LogP contribution in [0.25, 0.3) is 11.2 Å². The topological polar surface area (TPSA) is 88.1 Å². The second kappa shape index (κ2) is 6.72. The fraction of sp³-hybridized carbons (Fsp3) is 0.385. The SMILES string of the molecule is Cn1c(=O)c2c(ncn2CC(=O)OCCC(F)=C(F)F)n(C)c1=O. The number of nitrogens with zero attached hydrogens (tertiary/aromatic N) is 4. The van der Waals surface area contributed by atoms with Crippen LogP contribution in [0, 0.1) is 0 Å². The molecule has 0 aliphatic carbocycles. The summed E-state index contributed by atoms with van der Waals surface area (Å²) in [5, 5.41) is 0. The number of rotatable bonds is 5. The molecular weight excluding hydrogens is 333 g/mol. The Hall–Kier alpha value is -2.85. The second-order valence-electron chi connectivity index (χ2n) is 4.89. The number of carbonyl (C=O) groups excluding carboxylic acids is 1. The molecule has 0 bridgehead atoms. The third-order valence-electron chi connectivity index (χ3n) is 3.31. The number of fused-ring (bicyclic) bond motifs is 1. The minimum Gasteiger partial charge on any atom is -0.464 e. The molecule has 0 aliphatic heterocycles. The molecule has 0 fully saturated rings. The lowest BCUT2D eigenvalue weighted by Crippen LogP contribution is -2.37. The Bertz CT molecular complexity index is 937. The van der Waals surface area contributed by atoms with Crippen molar-refractivity contribution in [3.05, 3.63) is 39.1 Å². The second-order valence-corrected chi connectivity index (χ2v) is 4.89. The predicted octanol–water partition coefficient (Wildman–Crippen LogP) is 0.445. The van der Waals surface area contributed by atoms with Crippen molar-refractivity contribution in [2.75, 3.05) is 6.61 Å². The van der Waals surface area contributed by atoms with Crippen LogP contribution in [0.3, 0.4) is 0 Å². The third kappa shape index (κ3) is 3.24. The first-order valence-corrected chi connectivity index (χ1v) is 6.70. The first-order chi connectivity index (χ1) is 11.2. The average Bonchev–Trinajstić information content (AvgIpc) is 2.94. The van der Waals surface area contributed by atoms with E-state index in [9.17, 15) is 27.6 Å². The standard InChI is InChI=1S/C13H13F3N4O4/c1-18-11-9(12(22)19(2)13(18)23)20(6-17-11)5-8(21)24-4-3-7(14)10(15)16/h6H,3-5H2,1-2H3. The molecule has 0 spiro atoms. The lowest BCUT2D eigenvalue weighted by Gasteiger charge is -2.07. The van der Waals surface area contributed by atoms with Crippen LogP contribution in [0.15, 0.2) is 27.8 Å². The zero-order valence-corrected chi connectivity index (χ0v) is 12.8. The average molecular weight is 346 g/mol. The molecule has 0 atom stereocenters. The maximum atomic E-state index is 12.6. The Morgan fingerprint density at radius 2 is 1.88 bits per heavy atom. The number of ether oxygens (including phenoxy) is 1. The molecule has 2 rings (SSSR count). The van der Waals surface area contributed by atoms with Crippen molar-refractivity contribution in [1.82, 2.24) is 18.7 Å². The lowest BCUT2D eigenvalue weighted by molar-refractivity contribution is -0.144. The van der Waals surface area contributed by atoms with Gasteiger partial charge in [0.25, 0.3) is 5.56 Å². The van der Waals surface area contributed by atoms with Crippen molar-refractivity contribution in [3.63, 3.8) is 0 Å². The summed E-state index contributed by atoms with van der Waals surface area (Å²) in [6.45, 7) is -1.00. The number of esters is 1. The summed E-state index contributed by atoms with van der Waals surface area (Å²) in [4.78, 5) is 39.5. The molecule has 0 N–H and O–H groups in total. The van der Waals surface area contributed by atoms with Crippen molar-refractivity contribution >= 4 is 17.1 Å². The molecule has 0 amide bonds. The first-order valence-electron chi connectivity index (χ1n) is 6.70. The first kappa shape index (κ1) is 17.5. The fourth-order valence-electron chi connectivity index (χ4n) is 2.05. The summed E-state index contributed by atoms with van der Waals surface area (Å²) in [5.74, 6) is -2.52. The van der Waals surface area contributed by atoms with E-state index in [1.54, 1.807) is 0 Å². The highest BCUT2D eigenvalue weighted by Crippen LogP contribution is 2.13. The van der Waals surface area contributed by atoms with Gasteiger partial charge in [-0.1, -0.05) is 0 Å². The molecule has 0 saturated heterocycles. The molecule has 0 aromatic carbocycles. The highest BCUT2D eigenvalue weighted by atomic mass is 19.3. The molecule has 11 heteroatoms. The Morgan fingerprint density at radius 1 is 1.21 bits per heavy atom. The molecular formula is C13H13F3N4O4. The maximum Gasteiger partial charge on any atom is 0.332 e. The maximum absolute atomic E-state index is 12.6. The van der Waals surface area contributed by atoms with E-state index < -0.39 is 48.7 Å². The summed E-state index contributed by atoms with van der Waals surface area (Å²) >= 11 is 0. The summed E-state index contributed by atoms with van der Waals surface area (Å²) < 4.78 is 44.1. The molecule has 8 nitrogen and oxygen atoms in total. The molecule has 0 radical (unpaired) electrons. The van der Waals surface area contributed by atoms with Gasteiger partial charge in [-0.05, 0) is 0 Å². The van der Waals surface area contributed by atoms with E-state index in [-0.39, 0.29) is 11.2 Å². The van der Waals surface area contributed by atoms with E-state index in [1.807, 2.05) is 0 Å². The van der Waals surface area contributed by atoms with Gasteiger partial charge in [-0.3, -0.25) is 18.7 Å². The summed E-state index contributed by atoms with van der Waals surface area (Å²) in [5.41, 5.74) is -1.12. The van der Waals surface area contributed by atoms with Crippen LogP contribution < -0.4 is 11.2 Å². The van der Waals surface area contributed by atoms with Gasteiger partial charge in [0.05, 0.1) is 12.9 Å². The van der Waals surface area contributed by atoms with Crippen LogP contribution in [0.4, 0.5) is 13.2 Å². The van der Waals surface area contributed by atoms with Gasteiger partial charge >= 0.3 is 17.7 Å². The molecule has 2 aromatic rings. The molecule has 24 heavy (non-hydrogen) atoms. The van der Waals surface area contributed by atoms with Gasteiger partial charge < -0.3 is 9.30 Å². The summed E-state index contributed by atoms with van der Waals surface area (Å²) in [6.07, 6.45) is -2.03. The monoisotopic (exact) mass is 346 g/mol. The number of carbonyl (C=O) groups is 1. The van der Waals surface area contributed by atoms with Gasteiger partial charge in [0.1, 0.15) is 6.54 Å². The van der Waals surface area contributed by atoms with Crippen LogP contribution in [0.2, 0.25) is 0 Å². The molecule has 2 heterocycles. The zero-order chi connectivity index (χ0) is 18.0. The number of imidazole rings is 1. The van der Waals surface area contributed by atoms with Crippen molar-refractivity contribution in [2.45, 2.75) is 13.0 Å². The van der Waals surface area contributed by atoms with Gasteiger partial charge in [0.2, 0.25) is 0 Å². The summed E-state index contributed by atoms with van der Waals surface area (Å²) in [6, 6.07) is 0. The smallest absolute Gasteiger partial charge is 0.332 e. The quantitative estimate of drug-likeness (QED) is 0.734. The number of aryl methyl sites for hydroxylation is 1. The van der Waals surface area contributed by atoms with E-state index in [0.29, 0.717) is 0 Å². The van der Waals surface area contributed by atoms with E-state index in [4.69, 9.17) is 0 Å². The van der Waals surface area contributed by atoms with E-state index in [1.165, 1.54) is 25.0 Å². The van der Waals surface area contributed by atoms with Crippen LogP contribution in [0.5, 0.6) is 0 Å². The van der Waals surface area contributed by atoms with Crippen molar-refractivity contribution < 1.29 is 22.7 Å². The van der Waals surface area contributed by atoms with Crippen LogP contribution in [-0.4, -0.2) is 31.3 Å². The van der Waals surface area contributed by atoms with Gasteiger partial charge in [0, 0.05) is 20.5 Å². The molecule has 0 unspecified atom stereocenters. The third-order valence-corrected chi connectivity index (χ3v) is 3.31. The largest absolute Gasteiger partial charge is 0.464 e. The highest BCUT2D eigenvalue weighted by Gasteiger charge is 2.16. The Labute approximate surface area is 132 Å². The van der Waals surface area contributed by atoms with Crippen LogP contribution in [0.1, 0.15) is 6.42 Å².